The average molecular weight is 1200 g/mol. The summed E-state index contributed by atoms with van der Waals surface area (Å²) in [4.78, 5) is 156. The van der Waals surface area contributed by atoms with Crippen LogP contribution in [0.25, 0.3) is 10.9 Å². The van der Waals surface area contributed by atoms with Crippen molar-refractivity contribution >= 4 is 82.0 Å². The number of H-pyrrole nitrogens is 1. The Morgan fingerprint density at radius 1 is 0.663 bits per heavy atom. The van der Waals surface area contributed by atoms with Gasteiger partial charge in [-0.05, 0) is 80.3 Å². The van der Waals surface area contributed by atoms with Crippen molar-refractivity contribution in [1.29, 1.82) is 0 Å². The number of aromatic hydroxyl groups is 1. The maximum absolute atomic E-state index is 14.3. The van der Waals surface area contributed by atoms with E-state index in [9.17, 15) is 78.3 Å². The molecule has 21 N–H and O–H groups in total. The number of hydrogen-bond acceptors (Lipinski definition) is 16. The minimum atomic E-state index is -1.96. The van der Waals surface area contributed by atoms with Gasteiger partial charge in [-0.15, -0.1) is 0 Å². The van der Waals surface area contributed by atoms with E-state index in [1.54, 1.807) is 60.8 Å². The van der Waals surface area contributed by atoms with Crippen molar-refractivity contribution in [1.82, 2.24) is 47.1 Å². The number of aliphatic hydroxyl groups excluding tert-OH is 2. The SMILES string of the molecule is C[C@@H](O)[C@H](NC(=O)[C@@H]1CCCN1C(=O)[C@H](CC(=O)O)NC(=O)[C@H](CO)NC(=O)[C@H](Cc1ccc(O)cc1)NC(=O)[C@H](CCCN=C(N)N)NC(=O)[C@@H](N)Cc1ccccc1)C(=O)N[C@@H](CCC(N)=O)C(=O)N[C@@H](Cc1c[nH]c2ccccc12)C(=O)O. The third-order valence-corrected chi connectivity index (χ3v) is 14.0. The van der Waals surface area contributed by atoms with E-state index in [1.165, 1.54) is 24.3 Å². The first kappa shape index (κ1) is 67.1. The summed E-state index contributed by atoms with van der Waals surface area (Å²) >= 11 is 0. The van der Waals surface area contributed by atoms with Gasteiger partial charge >= 0.3 is 11.9 Å². The molecule has 86 heavy (non-hydrogen) atoms. The molecule has 0 saturated carbocycles. The van der Waals surface area contributed by atoms with Gasteiger partial charge in [0.05, 0.1) is 25.2 Å². The standard InChI is InChI=1S/C56H74N14O16/c1-29(72)46(53(83)64-38(19-20-44(58)74)49(79)67-41(55(85)86)25-32-27-62-36-12-6-5-11-34(32)36)69-52(82)43-14-8-22-70(43)54(84)40(26-45(75)76)66-51(81)42(28-71)68-50(80)39(24-31-15-17-33(73)18-16-31)65-48(78)37(13-7-21-61-56(59)60)63-47(77)35(57)23-30-9-3-2-4-10-30/h2-6,9-12,15-18,27,29,35,37-43,46,62,71-73H,7-8,13-14,19-26,28,57H2,1H3,(H2,58,74)(H,63,77)(H,64,83)(H,65,78)(H,66,81)(H,67,79)(H,68,80)(H,69,82)(H,75,76)(H,85,86)(H4,59,60,61)/t29-,35+,37+,38+,39+,40+,41+,42+,43+,46+/m1/s1. The molecule has 0 bridgehead atoms. The van der Waals surface area contributed by atoms with Crippen LogP contribution in [0.4, 0.5) is 0 Å². The van der Waals surface area contributed by atoms with Crippen LogP contribution in [-0.4, -0.2) is 187 Å². The number of phenolic OH excluding ortho intramolecular Hbond substituents is 1. The Labute approximate surface area is 492 Å². The maximum Gasteiger partial charge on any atom is 0.326 e. The highest BCUT2D eigenvalue weighted by molar-refractivity contribution is 5.99. The molecule has 1 aliphatic rings. The number of nitrogens with one attached hydrogen (secondary N) is 8. The molecule has 1 saturated heterocycles. The minimum Gasteiger partial charge on any atom is -0.508 e. The topological polar surface area (TPSA) is 509 Å². The molecule has 1 aliphatic heterocycles. The van der Waals surface area contributed by atoms with Crippen LogP contribution in [-0.2, 0) is 72.0 Å². The maximum atomic E-state index is 14.3. The van der Waals surface area contributed by atoms with Gasteiger partial charge in [0, 0.05) is 49.5 Å². The number of phenols is 1. The third-order valence-electron chi connectivity index (χ3n) is 14.0. The number of carboxylic acid groups (broad SMARTS) is 2. The smallest absolute Gasteiger partial charge is 0.326 e. The molecular weight excluding hydrogens is 1120 g/mol. The molecule has 10 atom stereocenters. The zero-order valence-corrected chi connectivity index (χ0v) is 47.0. The highest BCUT2D eigenvalue weighted by atomic mass is 16.4. The lowest BCUT2D eigenvalue weighted by molar-refractivity contribution is -0.147. The molecule has 0 spiro atoms. The number of hydrogen-bond donors (Lipinski definition) is 17. The summed E-state index contributed by atoms with van der Waals surface area (Å²) in [5.74, 6) is -12.7. The summed E-state index contributed by atoms with van der Waals surface area (Å²) in [6.45, 7) is -0.189. The summed E-state index contributed by atoms with van der Waals surface area (Å²) in [5, 5.41) is 68.6. The normalized spacial score (nSPS) is 16.0. The Kier molecular flexibility index (Phi) is 25.3. The van der Waals surface area contributed by atoms with Crippen LogP contribution in [0, 0.1) is 0 Å². The fourth-order valence-corrected chi connectivity index (χ4v) is 9.44. The Balaban J connectivity index is 1.29. The number of aliphatic imine (C=N–C) groups is 1. The van der Waals surface area contributed by atoms with Gasteiger partial charge in [0.15, 0.2) is 5.96 Å². The second-order valence-electron chi connectivity index (χ2n) is 20.6. The number of rotatable bonds is 33. The van der Waals surface area contributed by atoms with E-state index >= 15 is 0 Å². The van der Waals surface area contributed by atoms with Gasteiger partial charge in [0.2, 0.25) is 53.2 Å². The van der Waals surface area contributed by atoms with E-state index in [1.807, 2.05) is 0 Å². The summed E-state index contributed by atoms with van der Waals surface area (Å²) in [7, 11) is 0. The van der Waals surface area contributed by atoms with Crippen LogP contribution < -0.4 is 60.2 Å². The van der Waals surface area contributed by atoms with Crippen LogP contribution in [0.15, 0.2) is 90.1 Å². The van der Waals surface area contributed by atoms with Gasteiger partial charge in [0.25, 0.3) is 0 Å². The van der Waals surface area contributed by atoms with Crippen LogP contribution in [0.5, 0.6) is 5.75 Å². The molecule has 0 aliphatic carbocycles. The van der Waals surface area contributed by atoms with Gasteiger partial charge in [-0.25, -0.2) is 4.79 Å². The number of nitrogens with zero attached hydrogens (tertiary/aromatic N) is 2. The van der Waals surface area contributed by atoms with Crippen molar-refractivity contribution in [3.05, 3.63) is 102 Å². The largest absolute Gasteiger partial charge is 0.508 e. The van der Waals surface area contributed by atoms with Crippen molar-refractivity contribution in [3.8, 4) is 5.75 Å². The van der Waals surface area contributed by atoms with Gasteiger partial charge in [-0.1, -0.05) is 60.7 Å². The van der Waals surface area contributed by atoms with Crippen LogP contribution in [0.3, 0.4) is 0 Å². The molecule has 1 aromatic heterocycles. The predicted molar refractivity (Wildman–Crippen MR) is 307 cm³/mol. The fourth-order valence-electron chi connectivity index (χ4n) is 9.44. The lowest BCUT2D eigenvalue weighted by Crippen LogP contribution is -2.62. The summed E-state index contributed by atoms with van der Waals surface area (Å²) in [5.41, 5.74) is 24.9. The van der Waals surface area contributed by atoms with E-state index in [2.05, 4.69) is 47.2 Å². The van der Waals surface area contributed by atoms with Crippen molar-refractivity contribution in [3.63, 3.8) is 0 Å². The third kappa shape index (κ3) is 20.3. The number of guanidine groups is 1. The molecule has 9 amide bonds. The number of carbonyl (C=O) groups is 11. The van der Waals surface area contributed by atoms with Crippen molar-refractivity contribution in [2.24, 2.45) is 27.9 Å². The van der Waals surface area contributed by atoms with E-state index in [-0.39, 0.29) is 69.7 Å². The van der Waals surface area contributed by atoms with E-state index in [0.717, 1.165) is 17.4 Å². The molecule has 30 heteroatoms. The molecule has 0 radical (unpaired) electrons. The number of fused-ring (bicyclic) bond motifs is 1. The van der Waals surface area contributed by atoms with E-state index in [4.69, 9.17) is 22.9 Å². The van der Waals surface area contributed by atoms with E-state index in [0.29, 0.717) is 22.0 Å². The van der Waals surface area contributed by atoms with Crippen LogP contribution >= 0.6 is 0 Å². The minimum absolute atomic E-state index is 0.0435. The zero-order valence-electron chi connectivity index (χ0n) is 47.0. The number of carboxylic acids is 2. The molecule has 0 unspecified atom stereocenters. The van der Waals surface area contributed by atoms with Crippen LogP contribution in [0.1, 0.15) is 68.6 Å². The number of carbonyl (C=O) groups excluding carboxylic acids is 9. The second kappa shape index (κ2) is 32.4. The van der Waals surface area contributed by atoms with Crippen molar-refractivity contribution < 1.29 is 78.3 Å². The highest BCUT2D eigenvalue weighted by Crippen LogP contribution is 2.22. The number of aliphatic carboxylic acids is 2. The molecule has 3 aromatic carbocycles. The molecule has 1 fully saturated rings. The number of likely N-dealkylation sites (tertiary alicyclic amines) is 1. The Hall–Kier alpha value is -9.68. The molecule has 4 aromatic rings. The second-order valence-corrected chi connectivity index (χ2v) is 20.6. The fraction of sp³-hybridized carbons (Fsp3) is 0.429. The number of aliphatic hydroxyl groups is 2. The quantitative estimate of drug-likeness (QED) is 0.0122. The highest BCUT2D eigenvalue weighted by Gasteiger charge is 2.42. The van der Waals surface area contributed by atoms with Gasteiger partial charge in [0.1, 0.15) is 54.1 Å². The summed E-state index contributed by atoms with van der Waals surface area (Å²) < 4.78 is 0. The lowest BCUT2D eigenvalue weighted by Gasteiger charge is -2.31. The molecule has 464 valence electrons. The number of amides is 9. The molecule has 2 heterocycles. The van der Waals surface area contributed by atoms with Gasteiger partial charge < -0.3 is 95.6 Å². The Bertz CT molecular complexity index is 3080. The summed E-state index contributed by atoms with van der Waals surface area (Å²) in [6, 6.07) is 6.86. The molecule has 5 rings (SSSR count). The first-order chi connectivity index (χ1) is 40.8. The average Bonchev–Trinajstić information content (AvgIpc) is 3.62. The summed E-state index contributed by atoms with van der Waals surface area (Å²) in [6.07, 6.45) is -2.39. The number of primary amides is 1. The number of benzene rings is 3. The first-order valence-corrected chi connectivity index (χ1v) is 27.5. The first-order valence-electron chi connectivity index (χ1n) is 27.5. The van der Waals surface area contributed by atoms with Crippen LogP contribution in [0.2, 0.25) is 0 Å². The predicted octanol–water partition coefficient (Wildman–Crippen LogP) is -4.14. The van der Waals surface area contributed by atoms with Gasteiger partial charge in [-0.2, -0.15) is 0 Å². The van der Waals surface area contributed by atoms with Crippen molar-refractivity contribution in [2.45, 2.75) is 132 Å². The number of aromatic nitrogens is 1. The lowest BCUT2D eigenvalue weighted by atomic mass is 10.0. The molecular formula is C56H74N14O16. The number of aromatic amines is 1. The monoisotopic (exact) mass is 1200 g/mol. The van der Waals surface area contributed by atoms with Crippen molar-refractivity contribution in [2.75, 3.05) is 19.7 Å². The van der Waals surface area contributed by atoms with Gasteiger partial charge in [-0.3, -0.25) is 52.9 Å². The molecule has 30 nitrogen and oxygen atoms in total. The number of nitrogens with two attached hydrogens (primary N) is 4. The van der Waals surface area contributed by atoms with E-state index < -0.39 is 151 Å². The Morgan fingerprint density at radius 3 is 1.86 bits per heavy atom. The Morgan fingerprint density at radius 2 is 1.23 bits per heavy atom. The zero-order chi connectivity index (χ0) is 63.2. The number of para-hydroxylation sites is 1.